The van der Waals surface area contributed by atoms with E-state index in [4.69, 9.17) is 4.74 Å². The van der Waals surface area contributed by atoms with Gasteiger partial charge >= 0.3 is 5.97 Å². The minimum atomic E-state index is -0.814. The summed E-state index contributed by atoms with van der Waals surface area (Å²) in [5, 5.41) is 9.89. The van der Waals surface area contributed by atoms with Crippen molar-refractivity contribution in [1.29, 1.82) is 0 Å². The van der Waals surface area contributed by atoms with Crippen LogP contribution in [0.1, 0.15) is 30.5 Å². The second-order valence-corrected chi connectivity index (χ2v) is 6.77. The lowest BCUT2D eigenvalue weighted by Gasteiger charge is -2.28. The summed E-state index contributed by atoms with van der Waals surface area (Å²) in [6.07, 6.45) is 4.57. The summed E-state index contributed by atoms with van der Waals surface area (Å²) in [6, 6.07) is 10.9. The molecule has 1 N–H and O–H groups in total. The predicted molar refractivity (Wildman–Crippen MR) is 104 cm³/mol. The lowest BCUT2D eigenvalue weighted by Crippen LogP contribution is -2.37. The largest absolute Gasteiger partial charge is 0.494 e. The van der Waals surface area contributed by atoms with Gasteiger partial charge in [-0.1, -0.05) is 12.1 Å². The van der Waals surface area contributed by atoms with E-state index in [1.54, 1.807) is 0 Å². The van der Waals surface area contributed by atoms with Gasteiger partial charge in [-0.05, 0) is 55.3 Å². The molecule has 6 heteroatoms. The van der Waals surface area contributed by atoms with Crippen LogP contribution in [0.2, 0.25) is 0 Å². The Morgan fingerprint density at radius 3 is 2.74 bits per heavy atom. The average molecular weight is 369 g/mol. The molecule has 144 valence electrons. The molecule has 1 aliphatic rings. The van der Waals surface area contributed by atoms with E-state index in [0.717, 1.165) is 50.5 Å². The van der Waals surface area contributed by atoms with Crippen LogP contribution in [0, 0.1) is 0 Å². The summed E-state index contributed by atoms with van der Waals surface area (Å²) in [4.78, 5) is 20.6. The Kier molecular flexibility index (Phi) is 6.79. The molecule has 2 heterocycles. The molecule has 1 atom stereocenters. The Morgan fingerprint density at radius 1 is 1.19 bits per heavy atom. The molecule has 1 aromatic carbocycles. The van der Waals surface area contributed by atoms with E-state index in [0.29, 0.717) is 6.61 Å². The number of hydrogen-bond donors (Lipinski definition) is 1. The smallest absolute Gasteiger partial charge is 0.325 e. The molecule has 27 heavy (non-hydrogen) atoms. The van der Waals surface area contributed by atoms with Crippen LogP contribution < -0.4 is 4.74 Å². The fourth-order valence-electron chi connectivity index (χ4n) is 3.60. The van der Waals surface area contributed by atoms with Crippen LogP contribution in [0.25, 0.3) is 0 Å². The quantitative estimate of drug-likeness (QED) is 0.810. The molecule has 6 nitrogen and oxygen atoms in total. The summed E-state index contributed by atoms with van der Waals surface area (Å²) in [6.45, 7) is 6.65. The number of nitrogens with zero attached hydrogens (tertiary/aromatic N) is 3. The van der Waals surface area contributed by atoms with E-state index in [9.17, 15) is 9.90 Å². The molecule has 0 aliphatic carbocycles. The topological polar surface area (TPSA) is 65.9 Å². The maximum Gasteiger partial charge on any atom is 0.325 e. The van der Waals surface area contributed by atoms with Gasteiger partial charge in [-0.25, -0.2) is 0 Å². The van der Waals surface area contributed by atoms with Gasteiger partial charge < -0.3 is 9.84 Å². The van der Waals surface area contributed by atoms with Crippen molar-refractivity contribution in [1.82, 2.24) is 14.8 Å². The van der Waals surface area contributed by atoms with Crippen molar-refractivity contribution < 1.29 is 14.6 Å². The van der Waals surface area contributed by atoms with E-state index in [-0.39, 0.29) is 0 Å². The van der Waals surface area contributed by atoms with Gasteiger partial charge in [-0.2, -0.15) is 0 Å². The van der Waals surface area contributed by atoms with E-state index in [2.05, 4.69) is 14.8 Å². The maximum absolute atomic E-state index is 12.1. The van der Waals surface area contributed by atoms with Gasteiger partial charge in [0.15, 0.2) is 0 Å². The molecule has 1 aliphatic heterocycles. The van der Waals surface area contributed by atoms with Gasteiger partial charge in [-0.3, -0.25) is 19.6 Å². The summed E-state index contributed by atoms with van der Waals surface area (Å²) >= 11 is 0. The van der Waals surface area contributed by atoms with Crippen LogP contribution >= 0.6 is 0 Å². The molecule has 0 bridgehead atoms. The highest BCUT2D eigenvalue weighted by Crippen LogP contribution is 2.26. The Morgan fingerprint density at radius 2 is 2.00 bits per heavy atom. The Bertz CT molecular complexity index is 738. The highest BCUT2D eigenvalue weighted by molar-refractivity contribution is 5.75. The van der Waals surface area contributed by atoms with Crippen molar-refractivity contribution in [2.45, 2.75) is 25.9 Å². The van der Waals surface area contributed by atoms with Gasteiger partial charge in [0.05, 0.1) is 6.61 Å². The third-order valence-electron chi connectivity index (χ3n) is 4.86. The van der Waals surface area contributed by atoms with Crippen LogP contribution in [0.4, 0.5) is 0 Å². The number of ether oxygens (including phenoxy) is 1. The van der Waals surface area contributed by atoms with Crippen molar-refractivity contribution >= 4 is 5.97 Å². The number of carboxylic acids is 1. The fraction of sp³-hybridized carbons (Fsp3) is 0.429. The number of aromatic nitrogens is 1. The third-order valence-corrected chi connectivity index (χ3v) is 4.86. The van der Waals surface area contributed by atoms with Crippen molar-refractivity contribution in [2.75, 3.05) is 32.8 Å². The summed E-state index contributed by atoms with van der Waals surface area (Å²) in [5.74, 6) is -0.0957. The predicted octanol–water partition coefficient (Wildman–Crippen LogP) is 2.81. The van der Waals surface area contributed by atoms with E-state index < -0.39 is 12.0 Å². The van der Waals surface area contributed by atoms with Crippen molar-refractivity contribution in [3.63, 3.8) is 0 Å². The SMILES string of the molecule is CCOc1cccc([C@H](C(=O)O)N2CCCN(Cc3ccncc3)CC2)c1. The van der Waals surface area contributed by atoms with Gasteiger partial charge in [-0.15, -0.1) is 0 Å². The Hall–Kier alpha value is -2.44. The van der Waals surface area contributed by atoms with Crippen LogP contribution in [0.15, 0.2) is 48.8 Å². The summed E-state index contributed by atoms with van der Waals surface area (Å²) in [5.41, 5.74) is 2.01. The first-order valence-electron chi connectivity index (χ1n) is 9.48. The molecule has 0 amide bonds. The van der Waals surface area contributed by atoms with E-state index in [1.165, 1.54) is 5.56 Å². The average Bonchev–Trinajstić information content (AvgIpc) is 2.89. The molecule has 3 rings (SSSR count). The van der Waals surface area contributed by atoms with Crippen molar-refractivity contribution in [3.8, 4) is 5.75 Å². The van der Waals surface area contributed by atoms with E-state index in [1.807, 2.05) is 55.7 Å². The highest BCUT2D eigenvalue weighted by atomic mass is 16.5. The Labute approximate surface area is 160 Å². The number of rotatable bonds is 7. The molecule has 1 fully saturated rings. The minimum absolute atomic E-state index is 0.564. The lowest BCUT2D eigenvalue weighted by atomic mass is 10.0. The molecule has 0 unspecified atom stereocenters. The van der Waals surface area contributed by atoms with Crippen molar-refractivity contribution in [3.05, 3.63) is 59.9 Å². The minimum Gasteiger partial charge on any atom is -0.494 e. The molecule has 1 saturated heterocycles. The zero-order valence-electron chi connectivity index (χ0n) is 15.8. The van der Waals surface area contributed by atoms with Gasteiger partial charge in [0.2, 0.25) is 0 Å². The monoisotopic (exact) mass is 369 g/mol. The van der Waals surface area contributed by atoms with E-state index >= 15 is 0 Å². The number of carboxylic acid groups (broad SMARTS) is 1. The molecule has 1 aromatic heterocycles. The summed E-state index contributed by atoms with van der Waals surface area (Å²) < 4.78 is 5.55. The first kappa shape index (κ1) is 19.3. The standard InChI is InChI=1S/C21H27N3O3/c1-2-27-19-6-3-5-18(15-19)20(21(25)26)24-12-4-11-23(13-14-24)16-17-7-9-22-10-8-17/h3,5-10,15,20H,2,4,11-14,16H2,1H3,(H,25,26)/t20-/m1/s1. The highest BCUT2D eigenvalue weighted by Gasteiger charge is 2.29. The molecule has 0 spiro atoms. The van der Waals surface area contributed by atoms with Crippen LogP contribution in [0.3, 0.4) is 0 Å². The molecule has 2 aromatic rings. The second kappa shape index (κ2) is 9.48. The second-order valence-electron chi connectivity index (χ2n) is 6.77. The van der Waals surface area contributed by atoms with Crippen LogP contribution in [0.5, 0.6) is 5.75 Å². The van der Waals surface area contributed by atoms with Crippen molar-refractivity contribution in [2.24, 2.45) is 0 Å². The van der Waals surface area contributed by atoms with Crippen LogP contribution in [-0.4, -0.2) is 58.6 Å². The zero-order valence-corrected chi connectivity index (χ0v) is 15.8. The maximum atomic E-state index is 12.1. The number of pyridine rings is 1. The first-order chi connectivity index (χ1) is 13.2. The molecule has 0 saturated carbocycles. The molecular weight excluding hydrogens is 342 g/mol. The molecular formula is C21H27N3O3. The first-order valence-corrected chi connectivity index (χ1v) is 9.48. The third kappa shape index (κ3) is 5.28. The Balaban J connectivity index is 1.69. The lowest BCUT2D eigenvalue weighted by molar-refractivity contribution is -0.143. The van der Waals surface area contributed by atoms with Gasteiger partial charge in [0.1, 0.15) is 11.8 Å². The number of aliphatic carboxylic acids is 1. The fourth-order valence-corrected chi connectivity index (χ4v) is 3.60. The summed E-state index contributed by atoms with van der Waals surface area (Å²) in [7, 11) is 0. The normalized spacial score (nSPS) is 17.2. The molecule has 0 radical (unpaired) electrons. The number of carbonyl (C=O) groups is 1. The van der Waals surface area contributed by atoms with Gasteiger partial charge in [0, 0.05) is 38.6 Å². The number of hydrogen-bond acceptors (Lipinski definition) is 5. The van der Waals surface area contributed by atoms with Gasteiger partial charge in [0.25, 0.3) is 0 Å². The zero-order chi connectivity index (χ0) is 19.1. The number of benzene rings is 1. The van der Waals surface area contributed by atoms with Crippen LogP contribution in [-0.2, 0) is 11.3 Å².